The van der Waals surface area contributed by atoms with Crippen LogP contribution >= 0.6 is 11.8 Å². The van der Waals surface area contributed by atoms with Crippen molar-refractivity contribution in [2.45, 2.75) is 12.1 Å². The minimum Gasteiger partial charge on any atom is -0.301 e. The number of aryl methyl sites for hydroxylation is 1. The van der Waals surface area contributed by atoms with Gasteiger partial charge in [-0.25, -0.2) is 13.8 Å². The summed E-state index contributed by atoms with van der Waals surface area (Å²) in [5, 5.41) is 0.283. The monoisotopic (exact) mass is 296 g/mol. The van der Waals surface area contributed by atoms with E-state index in [0.29, 0.717) is 11.8 Å². The number of benzene rings is 1. The third-order valence-corrected chi connectivity index (χ3v) is 3.29. The van der Waals surface area contributed by atoms with E-state index in [-0.39, 0.29) is 22.0 Å². The first-order valence-corrected chi connectivity index (χ1v) is 6.63. The van der Waals surface area contributed by atoms with Gasteiger partial charge in [-0.2, -0.15) is 0 Å². The van der Waals surface area contributed by atoms with Crippen LogP contribution in [0.1, 0.15) is 16.1 Å². The number of H-pyrrole nitrogens is 1. The lowest BCUT2D eigenvalue weighted by atomic mass is 10.1. The van der Waals surface area contributed by atoms with Crippen molar-refractivity contribution in [2.24, 2.45) is 0 Å². The lowest BCUT2D eigenvalue weighted by Gasteiger charge is -2.03. The first kappa shape index (κ1) is 14.4. The molecule has 1 aromatic heterocycles. The number of aromatic nitrogens is 2. The normalized spacial score (nSPS) is 10.6. The molecule has 0 fully saturated rings. The SMILES string of the molecule is Cc1cc(=O)[nH]c(SCC(=O)c2ccc(F)cc2F)n1. The molecule has 0 bridgehead atoms. The van der Waals surface area contributed by atoms with Gasteiger partial charge in [-0.15, -0.1) is 0 Å². The molecule has 0 saturated carbocycles. The van der Waals surface area contributed by atoms with E-state index in [1.165, 1.54) is 6.07 Å². The van der Waals surface area contributed by atoms with Gasteiger partial charge >= 0.3 is 0 Å². The van der Waals surface area contributed by atoms with Crippen LogP contribution in [-0.4, -0.2) is 21.5 Å². The lowest BCUT2D eigenvalue weighted by Crippen LogP contribution is -2.10. The second-order valence-electron chi connectivity index (χ2n) is 4.03. The fraction of sp³-hybridized carbons (Fsp3) is 0.154. The van der Waals surface area contributed by atoms with Gasteiger partial charge in [0.1, 0.15) is 11.6 Å². The molecule has 0 aliphatic rings. The largest absolute Gasteiger partial charge is 0.301 e. The van der Waals surface area contributed by atoms with Crippen molar-refractivity contribution in [1.29, 1.82) is 0 Å². The van der Waals surface area contributed by atoms with Gasteiger partial charge in [0.05, 0.1) is 11.3 Å². The van der Waals surface area contributed by atoms with Crippen LogP contribution in [0.5, 0.6) is 0 Å². The smallest absolute Gasteiger partial charge is 0.251 e. The number of rotatable bonds is 4. The highest BCUT2D eigenvalue weighted by atomic mass is 32.2. The number of ketones is 1. The summed E-state index contributed by atoms with van der Waals surface area (Å²) >= 11 is 0.988. The van der Waals surface area contributed by atoms with Crippen LogP contribution in [0, 0.1) is 18.6 Å². The standard InChI is InChI=1S/C13H10F2N2O2S/c1-7-4-12(19)17-13(16-7)20-6-11(18)9-3-2-8(14)5-10(9)15/h2-5H,6H2,1H3,(H,16,17,19). The summed E-state index contributed by atoms with van der Waals surface area (Å²) in [5.41, 5.74) is 0.0194. The summed E-state index contributed by atoms with van der Waals surface area (Å²) in [4.78, 5) is 29.5. The highest BCUT2D eigenvalue weighted by Crippen LogP contribution is 2.16. The molecule has 0 saturated heterocycles. The summed E-state index contributed by atoms with van der Waals surface area (Å²) in [6, 6.07) is 4.10. The van der Waals surface area contributed by atoms with Gasteiger partial charge < -0.3 is 4.98 Å². The molecule has 0 radical (unpaired) electrons. The second kappa shape index (κ2) is 5.96. The van der Waals surface area contributed by atoms with Gasteiger partial charge in [0, 0.05) is 17.8 Å². The molecule has 0 amide bonds. The van der Waals surface area contributed by atoms with Crippen LogP contribution in [0.2, 0.25) is 0 Å². The molecule has 0 atom stereocenters. The van der Waals surface area contributed by atoms with Gasteiger partial charge in [-0.05, 0) is 19.1 Å². The van der Waals surface area contributed by atoms with E-state index in [1.54, 1.807) is 6.92 Å². The number of carbonyl (C=O) groups is 1. The van der Waals surface area contributed by atoms with Crippen molar-refractivity contribution in [2.75, 3.05) is 5.75 Å². The van der Waals surface area contributed by atoms with Gasteiger partial charge in [-0.1, -0.05) is 11.8 Å². The molecule has 0 spiro atoms. The molecule has 1 N–H and O–H groups in total. The molecule has 0 unspecified atom stereocenters. The van der Waals surface area contributed by atoms with E-state index in [9.17, 15) is 18.4 Å². The fourth-order valence-corrected chi connectivity index (χ4v) is 2.35. The van der Waals surface area contributed by atoms with E-state index in [2.05, 4.69) is 9.97 Å². The molecule has 0 aliphatic carbocycles. The average Bonchev–Trinajstić information content (AvgIpc) is 2.35. The van der Waals surface area contributed by atoms with Crippen molar-refractivity contribution in [3.8, 4) is 0 Å². The summed E-state index contributed by atoms with van der Waals surface area (Å²) in [5.74, 6) is -2.25. The average molecular weight is 296 g/mol. The Bertz CT molecular complexity index is 716. The molecule has 2 rings (SSSR count). The molecule has 20 heavy (non-hydrogen) atoms. The van der Waals surface area contributed by atoms with Crippen LogP contribution in [-0.2, 0) is 0 Å². The number of aromatic amines is 1. The Labute approximate surface area is 117 Å². The quantitative estimate of drug-likeness (QED) is 0.534. The molecular weight excluding hydrogens is 286 g/mol. The first-order chi connectivity index (χ1) is 9.45. The Kier molecular flexibility index (Phi) is 4.29. The highest BCUT2D eigenvalue weighted by Gasteiger charge is 2.13. The number of nitrogens with zero attached hydrogens (tertiary/aromatic N) is 1. The van der Waals surface area contributed by atoms with Crippen molar-refractivity contribution in [3.05, 3.63) is 57.5 Å². The summed E-state index contributed by atoms with van der Waals surface area (Å²) in [6.45, 7) is 1.65. The van der Waals surface area contributed by atoms with Crippen LogP contribution in [0.4, 0.5) is 8.78 Å². The van der Waals surface area contributed by atoms with Crippen molar-refractivity contribution < 1.29 is 13.6 Å². The number of halogens is 2. The number of hydrogen-bond donors (Lipinski definition) is 1. The van der Waals surface area contributed by atoms with E-state index in [1.807, 2.05) is 0 Å². The van der Waals surface area contributed by atoms with Gasteiger partial charge in [0.15, 0.2) is 10.9 Å². The summed E-state index contributed by atoms with van der Waals surface area (Å²) in [7, 11) is 0. The van der Waals surface area contributed by atoms with Crippen molar-refractivity contribution in [1.82, 2.24) is 9.97 Å². The molecule has 104 valence electrons. The minimum absolute atomic E-state index is 0.102. The van der Waals surface area contributed by atoms with Crippen LogP contribution in [0.25, 0.3) is 0 Å². The number of Topliss-reactive ketones (excluding diaryl/α,β-unsaturated/α-hetero) is 1. The maximum Gasteiger partial charge on any atom is 0.251 e. The van der Waals surface area contributed by atoms with Crippen LogP contribution in [0.15, 0.2) is 34.2 Å². The Hall–Kier alpha value is -2.02. The third kappa shape index (κ3) is 3.51. The Morgan fingerprint density at radius 3 is 2.75 bits per heavy atom. The maximum atomic E-state index is 13.4. The molecule has 0 aliphatic heterocycles. The molecule has 1 heterocycles. The molecule has 1 aromatic carbocycles. The van der Waals surface area contributed by atoms with E-state index in [0.717, 1.165) is 23.9 Å². The van der Waals surface area contributed by atoms with Gasteiger partial charge in [0.25, 0.3) is 5.56 Å². The van der Waals surface area contributed by atoms with Crippen molar-refractivity contribution in [3.63, 3.8) is 0 Å². The fourth-order valence-electron chi connectivity index (χ4n) is 1.55. The van der Waals surface area contributed by atoms with Gasteiger partial charge in [-0.3, -0.25) is 9.59 Å². The molecule has 4 nitrogen and oxygen atoms in total. The maximum absolute atomic E-state index is 13.4. The van der Waals surface area contributed by atoms with Gasteiger partial charge in [0.2, 0.25) is 0 Å². The lowest BCUT2D eigenvalue weighted by molar-refractivity contribution is 0.101. The molecular formula is C13H10F2N2O2S. The summed E-state index contributed by atoms with van der Waals surface area (Å²) in [6.07, 6.45) is 0. The predicted molar refractivity (Wildman–Crippen MR) is 71.0 cm³/mol. The van der Waals surface area contributed by atoms with E-state index >= 15 is 0 Å². The zero-order valence-electron chi connectivity index (χ0n) is 10.4. The van der Waals surface area contributed by atoms with Crippen molar-refractivity contribution >= 4 is 17.5 Å². The third-order valence-electron chi connectivity index (χ3n) is 2.42. The zero-order valence-corrected chi connectivity index (χ0v) is 11.3. The highest BCUT2D eigenvalue weighted by molar-refractivity contribution is 7.99. The number of carbonyl (C=O) groups excluding carboxylic acids is 1. The molecule has 7 heteroatoms. The Balaban J connectivity index is 2.10. The number of thioether (sulfide) groups is 1. The first-order valence-electron chi connectivity index (χ1n) is 5.65. The number of hydrogen-bond acceptors (Lipinski definition) is 4. The zero-order chi connectivity index (χ0) is 14.7. The van der Waals surface area contributed by atoms with E-state index in [4.69, 9.17) is 0 Å². The second-order valence-corrected chi connectivity index (χ2v) is 4.99. The van der Waals surface area contributed by atoms with Crippen LogP contribution < -0.4 is 5.56 Å². The van der Waals surface area contributed by atoms with E-state index < -0.39 is 17.4 Å². The minimum atomic E-state index is -0.902. The number of nitrogens with one attached hydrogen (secondary N) is 1. The Morgan fingerprint density at radius 2 is 2.10 bits per heavy atom. The Morgan fingerprint density at radius 1 is 1.35 bits per heavy atom. The molecule has 2 aromatic rings. The predicted octanol–water partition coefficient (Wildman–Crippen LogP) is 2.33. The van der Waals surface area contributed by atoms with Crippen LogP contribution in [0.3, 0.4) is 0 Å². The topological polar surface area (TPSA) is 62.8 Å². The summed E-state index contributed by atoms with van der Waals surface area (Å²) < 4.78 is 26.2.